The maximum Gasteiger partial charge on any atom is 0.0175 e. The van der Waals surface area contributed by atoms with Crippen LogP contribution in [0.3, 0.4) is 0 Å². The second-order valence-corrected chi connectivity index (χ2v) is 8.20. The van der Waals surface area contributed by atoms with Crippen molar-refractivity contribution in [2.75, 3.05) is 6.54 Å². The molecular formula is C19H28BrN. The van der Waals surface area contributed by atoms with E-state index in [1.54, 1.807) is 0 Å². The van der Waals surface area contributed by atoms with Crippen molar-refractivity contribution < 1.29 is 0 Å². The first-order chi connectivity index (χ1) is 10.2. The second kappa shape index (κ2) is 7.28. The summed E-state index contributed by atoms with van der Waals surface area (Å²) in [5, 5.41) is 3.78. The van der Waals surface area contributed by atoms with Gasteiger partial charge in [0.25, 0.3) is 0 Å². The highest BCUT2D eigenvalue weighted by atomic mass is 79.9. The fraction of sp³-hybridized carbons (Fsp3) is 0.684. The molecule has 21 heavy (non-hydrogen) atoms. The van der Waals surface area contributed by atoms with Crippen LogP contribution >= 0.6 is 15.9 Å². The SMILES string of the molecule is CC1CCC(CCNC2CC(c3ccc(Br)cc3)C2)CC1. The third kappa shape index (κ3) is 4.32. The van der Waals surface area contributed by atoms with Crippen molar-refractivity contribution in [3.63, 3.8) is 0 Å². The van der Waals surface area contributed by atoms with Crippen molar-refractivity contribution in [2.45, 2.75) is 63.8 Å². The summed E-state index contributed by atoms with van der Waals surface area (Å²) >= 11 is 3.51. The Bertz CT molecular complexity index is 427. The maximum absolute atomic E-state index is 3.78. The number of rotatable bonds is 5. The van der Waals surface area contributed by atoms with Gasteiger partial charge in [-0.2, -0.15) is 0 Å². The molecule has 0 unspecified atom stereocenters. The largest absolute Gasteiger partial charge is 0.314 e. The Morgan fingerprint density at radius 1 is 1.05 bits per heavy atom. The molecule has 0 heterocycles. The Balaban J connectivity index is 1.31. The van der Waals surface area contributed by atoms with Crippen molar-refractivity contribution in [1.29, 1.82) is 0 Å². The summed E-state index contributed by atoms with van der Waals surface area (Å²) in [4.78, 5) is 0. The molecule has 1 nitrogen and oxygen atoms in total. The van der Waals surface area contributed by atoms with Gasteiger partial charge in [0.15, 0.2) is 0 Å². The first-order valence-electron chi connectivity index (χ1n) is 8.69. The third-order valence-electron chi connectivity index (χ3n) is 5.60. The molecule has 0 spiro atoms. The van der Waals surface area contributed by atoms with E-state index in [0.29, 0.717) is 0 Å². The topological polar surface area (TPSA) is 12.0 Å². The minimum absolute atomic E-state index is 0.765. The third-order valence-corrected chi connectivity index (χ3v) is 6.13. The highest BCUT2D eigenvalue weighted by molar-refractivity contribution is 9.10. The van der Waals surface area contributed by atoms with Gasteiger partial charge in [-0.05, 0) is 61.3 Å². The van der Waals surface area contributed by atoms with Gasteiger partial charge in [-0.25, -0.2) is 0 Å². The Labute approximate surface area is 138 Å². The van der Waals surface area contributed by atoms with Gasteiger partial charge in [-0.3, -0.25) is 0 Å². The zero-order valence-corrected chi connectivity index (χ0v) is 14.7. The van der Waals surface area contributed by atoms with Crippen LogP contribution in [0.4, 0.5) is 0 Å². The summed E-state index contributed by atoms with van der Waals surface area (Å²) < 4.78 is 1.18. The van der Waals surface area contributed by atoms with Crippen molar-refractivity contribution in [2.24, 2.45) is 11.8 Å². The molecule has 1 aromatic rings. The van der Waals surface area contributed by atoms with Crippen LogP contribution in [-0.4, -0.2) is 12.6 Å². The first kappa shape index (κ1) is 15.6. The number of hydrogen-bond acceptors (Lipinski definition) is 1. The fourth-order valence-electron chi connectivity index (χ4n) is 3.90. The van der Waals surface area contributed by atoms with Gasteiger partial charge in [0.05, 0.1) is 0 Å². The minimum atomic E-state index is 0.765. The van der Waals surface area contributed by atoms with Gasteiger partial charge >= 0.3 is 0 Å². The second-order valence-electron chi connectivity index (χ2n) is 7.29. The van der Waals surface area contributed by atoms with E-state index >= 15 is 0 Å². The van der Waals surface area contributed by atoms with Crippen LogP contribution in [0.2, 0.25) is 0 Å². The molecule has 2 aliphatic rings. The van der Waals surface area contributed by atoms with Crippen LogP contribution in [0.25, 0.3) is 0 Å². The Morgan fingerprint density at radius 2 is 1.71 bits per heavy atom. The van der Waals surface area contributed by atoms with Gasteiger partial charge in [-0.15, -0.1) is 0 Å². The van der Waals surface area contributed by atoms with Gasteiger partial charge in [-0.1, -0.05) is 60.7 Å². The molecule has 0 amide bonds. The van der Waals surface area contributed by atoms with E-state index in [2.05, 4.69) is 52.4 Å². The maximum atomic E-state index is 3.78. The van der Waals surface area contributed by atoms with Crippen LogP contribution in [0.5, 0.6) is 0 Å². The lowest BCUT2D eigenvalue weighted by Crippen LogP contribution is -2.41. The van der Waals surface area contributed by atoms with E-state index in [4.69, 9.17) is 0 Å². The molecule has 2 fully saturated rings. The average molecular weight is 350 g/mol. The smallest absolute Gasteiger partial charge is 0.0175 e. The van der Waals surface area contributed by atoms with Gasteiger partial charge in [0.2, 0.25) is 0 Å². The molecule has 2 saturated carbocycles. The van der Waals surface area contributed by atoms with E-state index < -0.39 is 0 Å². The van der Waals surface area contributed by atoms with Crippen molar-refractivity contribution in [1.82, 2.24) is 5.32 Å². The molecule has 0 saturated heterocycles. The molecule has 0 aliphatic heterocycles. The van der Waals surface area contributed by atoms with Crippen LogP contribution in [-0.2, 0) is 0 Å². The molecule has 0 bridgehead atoms. The Kier molecular flexibility index (Phi) is 5.39. The lowest BCUT2D eigenvalue weighted by atomic mass is 9.75. The summed E-state index contributed by atoms with van der Waals surface area (Å²) in [5.74, 6) is 2.76. The molecule has 0 atom stereocenters. The van der Waals surface area contributed by atoms with Gasteiger partial charge in [0.1, 0.15) is 0 Å². The number of hydrogen-bond donors (Lipinski definition) is 1. The lowest BCUT2D eigenvalue weighted by Gasteiger charge is -2.37. The van der Waals surface area contributed by atoms with E-state index in [1.165, 1.54) is 61.5 Å². The molecule has 1 aromatic carbocycles. The molecule has 2 heteroatoms. The highest BCUT2D eigenvalue weighted by Crippen LogP contribution is 2.37. The Hall–Kier alpha value is -0.340. The quantitative estimate of drug-likeness (QED) is 0.739. The summed E-state index contributed by atoms with van der Waals surface area (Å²) in [5.41, 5.74) is 1.51. The molecule has 116 valence electrons. The highest BCUT2D eigenvalue weighted by Gasteiger charge is 2.29. The molecule has 0 radical (unpaired) electrons. The first-order valence-corrected chi connectivity index (χ1v) is 9.49. The predicted octanol–water partition coefficient (Wildman–Crippen LogP) is 5.50. The summed E-state index contributed by atoms with van der Waals surface area (Å²) in [6.45, 7) is 3.64. The standard InChI is InChI=1S/C19H28BrN/c1-14-2-4-15(5-3-14)10-11-21-19-12-17(13-19)16-6-8-18(20)9-7-16/h6-9,14-15,17,19,21H,2-5,10-13H2,1H3. The monoisotopic (exact) mass is 349 g/mol. The molecular weight excluding hydrogens is 322 g/mol. The summed E-state index contributed by atoms with van der Waals surface area (Å²) in [6.07, 6.45) is 9.89. The molecule has 2 aliphatic carbocycles. The van der Waals surface area contributed by atoms with Crippen molar-refractivity contribution in [3.05, 3.63) is 34.3 Å². The van der Waals surface area contributed by atoms with E-state index in [0.717, 1.165) is 23.8 Å². The van der Waals surface area contributed by atoms with Crippen LogP contribution in [0, 0.1) is 11.8 Å². The van der Waals surface area contributed by atoms with Crippen molar-refractivity contribution >= 4 is 15.9 Å². The predicted molar refractivity (Wildman–Crippen MR) is 93.6 cm³/mol. The van der Waals surface area contributed by atoms with Crippen LogP contribution < -0.4 is 5.32 Å². The normalized spacial score (nSPS) is 32.7. The minimum Gasteiger partial charge on any atom is -0.314 e. The number of benzene rings is 1. The van der Waals surface area contributed by atoms with Gasteiger partial charge in [0, 0.05) is 10.5 Å². The lowest BCUT2D eigenvalue weighted by molar-refractivity contribution is 0.251. The zero-order chi connectivity index (χ0) is 14.7. The van der Waals surface area contributed by atoms with E-state index in [1.807, 2.05) is 0 Å². The zero-order valence-electron chi connectivity index (χ0n) is 13.2. The van der Waals surface area contributed by atoms with E-state index in [-0.39, 0.29) is 0 Å². The molecule has 1 N–H and O–H groups in total. The van der Waals surface area contributed by atoms with Crippen molar-refractivity contribution in [3.8, 4) is 0 Å². The Morgan fingerprint density at radius 3 is 2.38 bits per heavy atom. The summed E-state index contributed by atoms with van der Waals surface area (Å²) in [7, 11) is 0. The summed E-state index contributed by atoms with van der Waals surface area (Å²) in [6, 6.07) is 9.64. The average Bonchev–Trinajstić information content (AvgIpc) is 2.45. The number of halogens is 1. The fourth-order valence-corrected chi connectivity index (χ4v) is 4.17. The number of nitrogens with one attached hydrogen (secondary N) is 1. The molecule has 0 aromatic heterocycles. The molecule has 3 rings (SSSR count). The van der Waals surface area contributed by atoms with Crippen LogP contribution in [0.1, 0.15) is 63.4 Å². The van der Waals surface area contributed by atoms with Crippen LogP contribution in [0.15, 0.2) is 28.7 Å². The van der Waals surface area contributed by atoms with E-state index in [9.17, 15) is 0 Å². The van der Waals surface area contributed by atoms with Gasteiger partial charge < -0.3 is 5.32 Å².